The first-order chi connectivity index (χ1) is 4.78. The van der Waals surface area contributed by atoms with E-state index in [0.717, 1.165) is 23.8 Å². The third-order valence-corrected chi connectivity index (χ3v) is 3.43. The molecule has 2 saturated carbocycles. The summed E-state index contributed by atoms with van der Waals surface area (Å²) < 4.78 is 0. The molecule has 1 heteroatoms. The molecule has 2 aliphatic rings. The van der Waals surface area contributed by atoms with Crippen molar-refractivity contribution in [3.8, 4) is 0 Å². The van der Waals surface area contributed by atoms with Crippen LogP contribution in [0.3, 0.4) is 0 Å². The molecule has 2 N–H and O–H groups in total. The van der Waals surface area contributed by atoms with E-state index in [9.17, 15) is 0 Å². The standard InChI is InChI=1S/C9H17N/c1-7-6-8(7)9(2-3-9)4-5-10/h7-8H,2-6,10H2,1H3. The van der Waals surface area contributed by atoms with Crippen LogP contribution in [0.5, 0.6) is 0 Å². The molecular formula is C9H17N. The SMILES string of the molecule is CC1CC1C1(CCN)CC1. The van der Waals surface area contributed by atoms with Gasteiger partial charge in [0.15, 0.2) is 0 Å². The molecule has 10 heavy (non-hydrogen) atoms. The average Bonchev–Trinajstić information content (AvgIpc) is 2.70. The minimum atomic E-state index is 0.758. The molecule has 2 unspecified atom stereocenters. The number of hydrogen-bond donors (Lipinski definition) is 1. The van der Waals surface area contributed by atoms with Gasteiger partial charge in [0, 0.05) is 0 Å². The summed E-state index contributed by atoms with van der Waals surface area (Å²) >= 11 is 0. The van der Waals surface area contributed by atoms with Crippen molar-refractivity contribution in [1.82, 2.24) is 0 Å². The maximum absolute atomic E-state index is 5.57. The Hall–Kier alpha value is -0.0400. The highest BCUT2D eigenvalue weighted by Crippen LogP contribution is 2.65. The van der Waals surface area contributed by atoms with E-state index in [4.69, 9.17) is 5.73 Å². The molecule has 0 radical (unpaired) electrons. The van der Waals surface area contributed by atoms with E-state index in [1.165, 1.54) is 25.7 Å². The van der Waals surface area contributed by atoms with Crippen LogP contribution in [-0.4, -0.2) is 6.54 Å². The third kappa shape index (κ3) is 0.878. The van der Waals surface area contributed by atoms with Gasteiger partial charge >= 0.3 is 0 Å². The first-order valence-corrected chi connectivity index (χ1v) is 4.48. The van der Waals surface area contributed by atoms with Crippen molar-refractivity contribution >= 4 is 0 Å². The fraction of sp³-hybridized carbons (Fsp3) is 1.00. The van der Waals surface area contributed by atoms with Crippen molar-refractivity contribution in [1.29, 1.82) is 0 Å². The summed E-state index contributed by atoms with van der Waals surface area (Å²) in [5, 5.41) is 0. The molecule has 2 aliphatic carbocycles. The van der Waals surface area contributed by atoms with Crippen LogP contribution >= 0.6 is 0 Å². The number of nitrogens with two attached hydrogens (primary N) is 1. The summed E-state index contributed by atoms with van der Waals surface area (Å²) in [7, 11) is 0. The predicted molar refractivity (Wildman–Crippen MR) is 42.6 cm³/mol. The zero-order valence-electron chi connectivity index (χ0n) is 6.77. The van der Waals surface area contributed by atoms with Gasteiger partial charge in [-0.05, 0) is 49.5 Å². The van der Waals surface area contributed by atoms with Crippen LogP contribution in [0, 0.1) is 17.3 Å². The lowest BCUT2D eigenvalue weighted by molar-refractivity contribution is 0.392. The smallest absolute Gasteiger partial charge is 0.00719 e. The number of rotatable bonds is 3. The molecule has 2 rings (SSSR count). The molecule has 0 spiro atoms. The van der Waals surface area contributed by atoms with E-state index in [1.807, 2.05) is 0 Å². The summed E-state index contributed by atoms with van der Waals surface area (Å²) in [4.78, 5) is 0. The Balaban J connectivity index is 1.90. The van der Waals surface area contributed by atoms with E-state index in [2.05, 4.69) is 6.92 Å². The third-order valence-electron chi connectivity index (χ3n) is 3.43. The Morgan fingerprint density at radius 1 is 1.50 bits per heavy atom. The van der Waals surface area contributed by atoms with Gasteiger partial charge in [-0.2, -0.15) is 0 Å². The van der Waals surface area contributed by atoms with Crippen LogP contribution in [0.15, 0.2) is 0 Å². The molecule has 0 saturated heterocycles. The molecule has 0 amide bonds. The Morgan fingerprint density at radius 2 is 2.10 bits per heavy atom. The van der Waals surface area contributed by atoms with E-state index in [-0.39, 0.29) is 0 Å². The van der Waals surface area contributed by atoms with Gasteiger partial charge in [-0.3, -0.25) is 0 Å². The molecule has 0 bridgehead atoms. The maximum Gasteiger partial charge on any atom is -0.00719 e. The topological polar surface area (TPSA) is 26.0 Å². The van der Waals surface area contributed by atoms with Crippen LogP contribution in [0.1, 0.15) is 32.6 Å². The highest BCUT2D eigenvalue weighted by Gasteiger charge is 2.56. The first-order valence-electron chi connectivity index (χ1n) is 4.48. The summed E-state index contributed by atoms with van der Waals surface area (Å²) in [6.07, 6.45) is 5.72. The highest BCUT2D eigenvalue weighted by atomic mass is 14.6. The maximum atomic E-state index is 5.57. The second-order valence-corrected chi connectivity index (χ2v) is 4.22. The van der Waals surface area contributed by atoms with Crippen LogP contribution in [0.4, 0.5) is 0 Å². The average molecular weight is 139 g/mol. The van der Waals surface area contributed by atoms with Gasteiger partial charge in [-0.15, -0.1) is 0 Å². The van der Waals surface area contributed by atoms with E-state index < -0.39 is 0 Å². The van der Waals surface area contributed by atoms with Crippen molar-refractivity contribution in [2.24, 2.45) is 23.0 Å². The van der Waals surface area contributed by atoms with Crippen molar-refractivity contribution in [2.45, 2.75) is 32.6 Å². The van der Waals surface area contributed by atoms with Crippen molar-refractivity contribution in [3.63, 3.8) is 0 Å². The zero-order valence-corrected chi connectivity index (χ0v) is 6.77. The molecule has 0 aliphatic heterocycles. The van der Waals surface area contributed by atoms with Gasteiger partial charge < -0.3 is 5.73 Å². The molecule has 0 heterocycles. The van der Waals surface area contributed by atoms with Crippen LogP contribution < -0.4 is 5.73 Å². The molecule has 58 valence electrons. The van der Waals surface area contributed by atoms with Crippen molar-refractivity contribution in [3.05, 3.63) is 0 Å². The Kier molecular flexibility index (Phi) is 1.31. The van der Waals surface area contributed by atoms with E-state index in [0.29, 0.717) is 0 Å². The summed E-state index contributed by atoms with van der Waals surface area (Å²) in [6, 6.07) is 0. The largest absolute Gasteiger partial charge is 0.330 e. The minimum Gasteiger partial charge on any atom is -0.330 e. The zero-order chi connectivity index (χ0) is 7.19. The second-order valence-electron chi connectivity index (χ2n) is 4.22. The van der Waals surface area contributed by atoms with Crippen molar-refractivity contribution < 1.29 is 0 Å². The Morgan fingerprint density at radius 3 is 2.40 bits per heavy atom. The van der Waals surface area contributed by atoms with Gasteiger partial charge in [0.25, 0.3) is 0 Å². The van der Waals surface area contributed by atoms with Gasteiger partial charge in [0.05, 0.1) is 0 Å². The molecule has 0 aromatic carbocycles. The Bertz CT molecular complexity index is 138. The van der Waals surface area contributed by atoms with Crippen LogP contribution in [0.2, 0.25) is 0 Å². The van der Waals surface area contributed by atoms with E-state index in [1.54, 1.807) is 0 Å². The molecule has 2 atom stereocenters. The minimum absolute atomic E-state index is 0.758. The summed E-state index contributed by atoms with van der Waals surface area (Å²) in [5.41, 5.74) is 6.32. The second kappa shape index (κ2) is 1.97. The molecule has 1 nitrogen and oxygen atoms in total. The number of hydrogen-bond acceptors (Lipinski definition) is 1. The van der Waals surface area contributed by atoms with E-state index >= 15 is 0 Å². The lowest BCUT2D eigenvalue weighted by Gasteiger charge is -2.11. The lowest BCUT2D eigenvalue weighted by Crippen LogP contribution is -2.11. The summed E-state index contributed by atoms with van der Waals surface area (Å²) in [6.45, 7) is 3.28. The van der Waals surface area contributed by atoms with Crippen LogP contribution in [-0.2, 0) is 0 Å². The quantitative estimate of drug-likeness (QED) is 0.633. The first kappa shape index (κ1) is 6.66. The summed E-state index contributed by atoms with van der Waals surface area (Å²) in [5.74, 6) is 2.09. The van der Waals surface area contributed by atoms with Gasteiger partial charge in [0.2, 0.25) is 0 Å². The van der Waals surface area contributed by atoms with Gasteiger partial charge in [-0.25, -0.2) is 0 Å². The molecule has 0 aromatic heterocycles. The van der Waals surface area contributed by atoms with Crippen LogP contribution in [0.25, 0.3) is 0 Å². The molecular weight excluding hydrogens is 122 g/mol. The van der Waals surface area contributed by atoms with Gasteiger partial charge in [0.1, 0.15) is 0 Å². The highest BCUT2D eigenvalue weighted by molar-refractivity contribution is 5.06. The molecule has 2 fully saturated rings. The normalized spacial score (nSPS) is 41.4. The van der Waals surface area contributed by atoms with Crippen molar-refractivity contribution in [2.75, 3.05) is 6.54 Å². The Labute approximate surface area is 63.0 Å². The monoisotopic (exact) mass is 139 g/mol. The molecule has 0 aromatic rings. The van der Waals surface area contributed by atoms with Gasteiger partial charge in [-0.1, -0.05) is 6.92 Å². The predicted octanol–water partition coefficient (Wildman–Crippen LogP) is 1.77. The fourth-order valence-corrected chi connectivity index (χ4v) is 2.43. The lowest BCUT2D eigenvalue weighted by atomic mass is 9.95. The fourth-order valence-electron chi connectivity index (χ4n) is 2.43.